The molecule has 230 valence electrons. The number of unbranched alkanes of at least 4 members (excludes halogenated alkanes) is 25. The number of aryl methyl sites for hydroxylation is 2. The van der Waals surface area contributed by atoms with Crippen LogP contribution in [0.25, 0.3) is 0 Å². The average molecular weight is 546 g/mol. The molecule has 0 N–H and O–H groups in total. The van der Waals surface area contributed by atoms with Gasteiger partial charge >= 0.3 is 0 Å². The summed E-state index contributed by atoms with van der Waals surface area (Å²) < 4.78 is 5.12. The molecule has 0 aliphatic heterocycles. The Hall–Kier alpha value is -0.790. The van der Waals surface area contributed by atoms with Gasteiger partial charge in [0.2, 0.25) is 0 Å². The van der Waals surface area contributed by atoms with Crippen LogP contribution >= 0.6 is 0 Å². The zero-order chi connectivity index (χ0) is 28.2. The van der Waals surface area contributed by atoms with Crippen LogP contribution in [0, 0.1) is 0 Å². The number of hydrogen-bond acceptors (Lipinski definition) is 0. The smallest absolute Gasteiger partial charge is 0.234 e. The Morgan fingerprint density at radius 3 is 1.18 bits per heavy atom. The molecule has 39 heavy (non-hydrogen) atoms. The van der Waals surface area contributed by atoms with E-state index in [9.17, 15) is 0 Å². The highest BCUT2D eigenvalue weighted by atomic mass is 15.1. The SMILES string of the molecule is CCCCCCCCCCCCCCCCCCCn1cc[n+](CCCCCCCCCCCC)c1C(C)C. The van der Waals surface area contributed by atoms with E-state index >= 15 is 0 Å². The van der Waals surface area contributed by atoms with Gasteiger partial charge in [0.15, 0.2) is 0 Å². The molecule has 0 aliphatic carbocycles. The van der Waals surface area contributed by atoms with Crippen molar-refractivity contribution in [1.29, 1.82) is 0 Å². The minimum absolute atomic E-state index is 0.605. The summed E-state index contributed by atoms with van der Waals surface area (Å²) in [6.07, 6.45) is 43.5. The van der Waals surface area contributed by atoms with Gasteiger partial charge in [0.05, 0.1) is 19.0 Å². The predicted octanol–water partition coefficient (Wildman–Crippen LogP) is 12.5. The number of imidazole rings is 1. The third kappa shape index (κ3) is 20.7. The largest absolute Gasteiger partial charge is 0.258 e. The molecule has 0 saturated heterocycles. The van der Waals surface area contributed by atoms with Crippen LogP contribution in [0.4, 0.5) is 0 Å². The first-order valence-electron chi connectivity index (χ1n) is 18.3. The second-order valence-electron chi connectivity index (χ2n) is 13.0. The maximum Gasteiger partial charge on any atom is 0.258 e. The quantitative estimate of drug-likeness (QED) is 0.0671. The number of rotatable bonds is 30. The lowest BCUT2D eigenvalue weighted by molar-refractivity contribution is -0.705. The lowest BCUT2D eigenvalue weighted by atomic mass is 10.0. The summed E-state index contributed by atoms with van der Waals surface area (Å²) in [5.41, 5.74) is 0. The zero-order valence-electron chi connectivity index (χ0n) is 27.6. The first kappa shape index (κ1) is 36.2. The van der Waals surface area contributed by atoms with Crippen molar-refractivity contribution in [3.8, 4) is 0 Å². The molecule has 0 amide bonds. The standard InChI is InChI=1S/C37H73N2/c1-5-7-9-11-13-15-17-18-19-20-21-22-23-25-27-29-31-33-39-35-34-38(37(39)36(3)4)32-30-28-26-24-16-14-12-10-8-6-2/h34-36H,5-33H2,1-4H3/q+1. The second-order valence-corrected chi connectivity index (χ2v) is 13.0. The van der Waals surface area contributed by atoms with Gasteiger partial charge in [-0.25, -0.2) is 9.13 Å². The van der Waals surface area contributed by atoms with Crippen LogP contribution in [0.1, 0.15) is 213 Å². The molecule has 2 nitrogen and oxygen atoms in total. The van der Waals surface area contributed by atoms with Gasteiger partial charge in [-0.15, -0.1) is 0 Å². The summed E-state index contributed by atoms with van der Waals surface area (Å²) in [5, 5.41) is 0. The van der Waals surface area contributed by atoms with E-state index in [1.54, 1.807) is 5.82 Å². The highest BCUT2D eigenvalue weighted by Crippen LogP contribution is 2.16. The lowest BCUT2D eigenvalue weighted by Crippen LogP contribution is -2.38. The summed E-state index contributed by atoms with van der Waals surface area (Å²) in [6, 6.07) is 0. The van der Waals surface area contributed by atoms with Crippen LogP contribution in [0.2, 0.25) is 0 Å². The van der Waals surface area contributed by atoms with Gasteiger partial charge < -0.3 is 0 Å². The van der Waals surface area contributed by atoms with Gasteiger partial charge in [-0.1, -0.05) is 175 Å². The molecule has 0 radical (unpaired) electrons. The van der Waals surface area contributed by atoms with Crippen LogP contribution in [0.15, 0.2) is 12.4 Å². The fraction of sp³-hybridized carbons (Fsp3) is 0.919. The van der Waals surface area contributed by atoms with Crippen LogP contribution in [0.5, 0.6) is 0 Å². The minimum Gasteiger partial charge on any atom is -0.234 e. The number of aromatic nitrogens is 2. The first-order valence-corrected chi connectivity index (χ1v) is 18.3. The third-order valence-corrected chi connectivity index (χ3v) is 8.79. The Bertz CT molecular complexity index is 617. The number of hydrogen-bond donors (Lipinski definition) is 0. The van der Waals surface area contributed by atoms with E-state index < -0.39 is 0 Å². The maximum absolute atomic E-state index is 2.56. The van der Waals surface area contributed by atoms with Gasteiger partial charge in [-0.2, -0.15) is 0 Å². The molecular formula is C37H73N2+. The molecule has 0 saturated carbocycles. The Labute approximate surface area is 247 Å². The number of nitrogens with zero attached hydrogens (tertiary/aromatic N) is 2. The molecule has 0 spiro atoms. The summed E-state index contributed by atoms with van der Waals surface area (Å²) in [7, 11) is 0. The van der Waals surface area contributed by atoms with E-state index in [1.807, 2.05) is 0 Å². The zero-order valence-corrected chi connectivity index (χ0v) is 27.6. The van der Waals surface area contributed by atoms with Crippen LogP contribution in [-0.2, 0) is 13.1 Å². The van der Waals surface area contributed by atoms with Crippen molar-refractivity contribution < 1.29 is 4.57 Å². The Kier molecular flexibility index (Phi) is 25.4. The van der Waals surface area contributed by atoms with Crippen molar-refractivity contribution in [1.82, 2.24) is 4.57 Å². The summed E-state index contributed by atoms with van der Waals surface area (Å²) in [5.74, 6) is 2.15. The van der Waals surface area contributed by atoms with Crippen molar-refractivity contribution in [2.75, 3.05) is 0 Å². The average Bonchev–Trinajstić information content (AvgIpc) is 3.34. The molecule has 2 heteroatoms. The van der Waals surface area contributed by atoms with E-state index in [-0.39, 0.29) is 0 Å². The van der Waals surface area contributed by atoms with Crippen LogP contribution in [-0.4, -0.2) is 4.57 Å². The van der Waals surface area contributed by atoms with Crippen molar-refractivity contribution in [3.63, 3.8) is 0 Å². The van der Waals surface area contributed by atoms with Crippen LogP contribution < -0.4 is 4.57 Å². The topological polar surface area (TPSA) is 8.81 Å². The fourth-order valence-electron chi connectivity index (χ4n) is 6.30. The predicted molar refractivity (Wildman–Crippen MR) is 175 cm³/mol. The third-order valence-electron chi connectivity index (χ3n) is 8.79. The normalized spacial score (nSPS) is 11.7. The van der Waals surface area contributed by atoms with Gasteiger partial charge in [-0.05, 0) is 25.7 Å². The van der Waals surface area contributed by atoms with Gasteiger partial charge in [0.25, 0.3) is 5.82 Å². The highest BCUT2D eigenvalue weighted by Gasteiger charge is 2.20. The monoisotopic (exact) mass is 546 g/mol. The summed E-state index contributed by atoms with van der Waals surface area (Å²) in [6.45, 7) is 11.8. The molecule has 0 aromatic carbocycles. The van der Waals surface area contributed by atoms with Crippen molar-refractivity contribution in [2.24, 2.45) is 0 Å². The van der Waals surface area contributed by atoms with Crippen molar-refractivity contribution in [2.45, 2.75) is 220 Å². The molecular weight excluding hydrogens is 472 g/mol. The Balaban J connectivity index is 2.00. The molecule has 1 aromatic heterocycles. The van der Waals surface area contributed by atoms with Gasteiger partial charge in [0, 0.05) is 0 Å². The second kappa shape index (κ2) is 27.4. The fourth-order valence-corrected chi connectivity index (χ4v) is 6.30. The van der Waals surface area contributed by atoms with E-state index in [0.29, 0.717) is 5.92 Å². The molecule has 0 aliphatic rings. The first-order chi connectivity index (χ1) is 19.2. The van der Waals surface area contributed by atoms with Crippen molar-refractivity contribution in [3.05, 3.63) is 18.2 Å². The van der Waals surface area contributed by atoms with Gasteiger partial charge in [0.1, 0.15) is 12.4 Å². The van der Waals surface area contributed by atoms with E-state index in [0.717, 1.165) is 0 Å². The Morgan fingerprint density at radius 1 is 0.487 bits per heavy atom. The molecule has 1 heterocycles. The molecule has 1 rings (SSSR count). The molecule has 0 fully saturated rings. The van der Waals surface area contributed by atoms with E-state index in [4.69, 9.17) is 0 Å². The van der Waals surface area contributed by atoms with E-state index in [1.165, 1.54) is 186 Å². The highest BCUT2D eigenvalue weighted by molar-refractivity contribution is 4.89. The van der Waals surface area contributed by atoms with Crippen molar-refractivity contribution >= 4 is 0 Å². The molecule has 0 bridgehead atoms. The lowest BCUT2D eigenvalue weighted by Gasteiger charge is -2.08. The Morgan fingerprint density at radius 2 is 0.821 bits per heavy atom. The van der Waals surface area contributed by atoms with E-state index in [2.05, 4.69) is 49.2 Å². The molecule has 1 aromatic rings. The molecule has 0 atom stereocenters. The minimum atomic E-state index is 0.605. The van der Waals surface area contributed by atoms with Gasteiger partial charge in [-0.3, -0.25) is 0 Å². The summed E-state index contributed by atoms with van der Waals surface area (Å²) in [4.78, 5) is 0. The maximum atomic E-state index is 2.56. The summed E-state index contributed by atoms with van der Waals surface area (Å²) >= 11 is 0. The molecule has 0 unspecified atom stereocenters. The van der Waals surface area contributed by atoms with Crippen LogP contribution in [0.3, 0.4) is 0 Å².